The standard InChI is InChI=1S/C17H26NO7P/c1-3-24-26(22,25-4-2)12-8-11-15(16(19)20)18-17(21)23-13-14-9-6-5-7-10-14/h5-7,9-10,15H,3-4,8,11-13H2,1-2H3,(H,18,21)(H,19,20)/t15-/m0/s1. The fourth-order valence-electron chi connectivity index (χ4n) is 2.21. The average Bonchev–Trinajstić information content (AvgIpc) is 2.60. The maximum absolute atomic E-state index is 12.3. The lowest BCUT2D eigenvalue weighted by molar-refractivity contribution is -0.139. The third-order valence-corrected chi connectivity index (χ3v) is 5.55. The topological polar surface area (TPSA) is 111 Å². The van der Waals surface area contributed by atoms with E-state index < -0.39 is 25.7 Å². The summed E-state index contributed by atoms with van der Waals surface area (Å²) in [6, 6.07) is 7.90. The molecule has 26 heavy (non-hydrogen) atoms. The second kappa shape index (κ2) is 11.7. The average molecular weight is 387 g/mol. The van der Waals surface area contributed by atoms with Crippen LogP contribution in [0.3, 0.4) is 0 Å². The smallest absolute Gasteiger partial charge is 0.408 e. The van der Waals surface area contributed by atoms with Gasteiger partial charge in [-0.3, -0.25) is 4.57 Å². The van der Waals surface area contributed by atoms with Crippen LogP contribution in [0.4, 0.5) is 4.79 Å². The molecule has 0 spiro atoms. The molecular formula is C17H26NO7P. The number of hydrogen-bond donors (Lipinski definition) is 2. The third-order valence-electron chi connectivity index (χ3n) is 3.38. The van der Waals surface area contributed by atoms with Crippen molar-refractivity contribution in [3.63, 3.8) is 0 Å². The summed E-state index contributed by atoms with van der Waals surface area (Å²) in [5.41, 5.74) is 0.795. The molecule has 0 unspecified atom stereocenters. The Balaban J connectivity index is 2.46. The maximum Gasteiger partial charge on any atom is 0.408 e. The van der Waals surface area contributed by atoms with E-state index >= 15 is 0 Å². The summed E-state index contributed by atoms with van der Waals surface area (Å²) in [4.78, 5) is 23.1. The number of carbonyl (C=O) groups is 2. The molecule has 0 bridgehead atoms. The van der Waals surface area contributed by atoms with Crippen LogP contribution in [0.15, 0.2) is 30.3 Å². The Labute approximate surface area is 153 Å². The molecule has 0 aliphatic carbocycles. The minimum absolute atomic E-state index is 0.0445. The maximum atomic E-state index is 12.3. The Morgan fingerprint density at radius 2 is 1.77 bits per heavy atom. The largest absolute Gasteiger partial charge is 0.480 e. The molecule has 0 aliphatic rings. The van der Waals surface area contributed by atoms with Crippen LogP contribution in [0, 0.1) is 0 Å². The Bertz CT molecular complexity index is 598. The SMILES string of the molecule is CCOP(=O)(CCC[C@H](NC(=O)OCc1ccccc1)C(=O)O)OCC. The first-order valence-electron chi connectivity index (χ1n) is 8.48. The second-order valence-corrected chi connectivity index (χ2v) is 7.59. The van der Waals surface area contributed by atoms with Crippen LogP contribution in [0.2, 0.25) is 0 Å². The van der Waals surface area contributed by atoms with Gasteiger partial charge in [0.2, 0.25) is 0 Å². The van der Waals surface area contributed by atoms with Gasteiger partial charge in [0.25, 0.3) is 0 Å². The van der Waals surface area contributed by atoms with E-state index in [-0.39, 0.29) is 38.8 Å². The number of carbonyl (C=O) groups excluding carboxylic acids is 1. The molecule has 0 aromatic heterocycles. The zero-order chi connectivity index (χ0) is 19.4. The molecule has 2 N–H and O–H groups in total. The molecule has 0 saturated carbocycles. The van der Waals surface area contributed by atoms with Gasteiger partial charge in [0.1, 0.15) is 12.6 Å². The summed E-state index contributed by atoms with van der Waals surface area (Å²) in [6.45, 7) is 3.93. The predicted molar refractivity (Wildman–Crippen MR) is 96.1 cm³/mol. The number of carboxylic acid groups (broad SMARTS) is 1. The van der Waals surface area contributed by atoms with Gasteiger partial charge in [-0.2, -0.15) is 0 Å². The Kier molecular flexibility index (Phi) is 9.95. The van der Waals surface area contributed by atoms with E-state index in [0.717, 1.165) is 5.56 Å². The Morgan fingerprint density at radius 3 is 2.31 bits per heavy atom. The van der Waals surface area contributed by atoms with Gasteiger partial charge in [0, 0.05) is 0 Å². The first-order chi connectivity index (χ1) is 12.4. The number of carboxylic acids is 1. The van der Waals surface area contributed by atoms with Crippen LogP contribution in [0.25, 0.3) is 0 Å². The number of hydrogen-bond acceptors (Lipinski definition) is 6. The van der Waals surface area contributed by atoms with Crippen LogP contribution in [-0.4, -0.2) is 42.6 Å². The lowest BCUT2D eigenvalue weighted by Gasteiger charge is -2.18. The lowest BCUT2D eigenvalue weighted by atomic mass is 10.2. The fraction of sp³-hybridized carbons (Fsp3) is 0.529. The monoisotopic (exact) mass is 387 g/mol. The van der Waals surface area contributed by atoms with Gasteiger partial charge in [-0.15, -0.1) is 0 Å². The summed E-state index contributed by atoms with van der Waals surface area (Å²) >= 11 is 0. The van der Waals surface area contributed by atoms with Crippen LogP contribution in [0.5, 0.6) is 0 Å². The number of ether oxygens (including phenoxy) is 1. The minimum Gasteiger partial charge on any atom is -0.480 e. The van der Waals surface area contributed by atoms with Crippen LogP contribution >= 0.6 is 7.60 Å². The van der Waals surface area contributed by atoms with Crippen LogP contribution < -0.4 is 5.32 Å². The van der Waals surface area contributed by atoms with E-state index in [4.69, 9.17) is 13.8 Å². The normalized spacial score (nSPS) is 12.4. The summed E-state index contributed by atoms with van der Waals surface area (Å²) in [7, 11) is -3.23. The van der Waals surface area contributed by atoms with Crippen LogP contribution in [0.1, 0.15) is 32.3 Å². The number of aliphatic carboxylic acids is 1. The molecule has 0 aliphatic heterocycles. The van der Waals surface area contributed by atoms with Crippen molar-refractivity contribution in [2.75, 3.05) is 19.4 Å². The Morgan fingerprint density at radius 1 is 1.15 bits per heavy atom. The summed E-state index contributed by atoms with van der Waals surface area (Å²) in [5, 5.41) is 11.5. The highest BCUT2D eigenvalue weighted by Gasteiger charge is 2.26. The van der Waals surface area contributed by atoms with Gasteiger partial charge in [-0.05, 0) is 32.3 Å². The molecule has 1 rings (SSSR count). The minimum atomic E-state index is -3.23. The highest BCUT2D eigenvalue weighted by atomic mass is 31.2. The molecule has 8 nitrogen and oxygen atoms in total. The number of nitrogens with one attached hydrogen (secondary N) is 1. The first-order valence-corrected chi connectivity index (χ1v) is 10.2. The molecule has 9 heteroatoms. The molecule has 0 heterocycles. The van der Waals surface area contributed by atoms with E-state index in [1.165, 1.54) is 0 Å². The van der Waals surface area contributed by atoms with E-state index in [0.29, 0.717) is 0 Å². The summed E-state index contributed by atoms with van der Waals surface area (Å²) < 4.78 is 27.7. The highest BCUT2D eigenvalue weighted by molar-refractivity contribution is 7.53. The van der Waals surface area contributed by atoms with Crippen molar-refractivity contribution >= 4 is 19.7 Å². The molecule has 0 fully saturated rings. The van der Waals surface area contributed by atoms with Gasteiger partial charge >= 0.3 is 19.7 Å². The number of amides is 1. The number of rotatable bonds is 12. The molecule has 1 aromatic rings. The molecule has 1 aromatic carbocycles. The van der Waals surface area contributed by atoms with Crippen molar-refractivity contribution < 1.29 is 33.0 Å². The molecule has 0 saturated heterocycles. The van der Waals surface area contributed by atoms with Crippen molar-refractivity contribution in [1.82, 2.24) is 5.32 Å². The van der Waals surface area contributed by atoms with Crippen molar-refractivity contribution in [2.24, 2.45) is 0 Å². The van der Waals surface area contributed by atoms with E-state index in [9.17, 15) is 19.3 Å². The zero-order valence-electron chi connectivity index (χ0n) is 15.1. The van der Waals surface area contributed by atoms with Crippen molar-refractivity contribution in [3.05, 3.63) is 35.9 Å². The molecular weight excluding hydrogens is 361 g/mol. The van der Waals surface area contributed by atoms with Gasteiger partial charge in [-0.1, -0.05) is 30.3 Å². The second-order valence-electron chi connectivity index (χ2n) is 5.41. The van der Waals surface area contributed by atoms with Crippen molar-refractivity contribution in [3.8, 4) is 0 Å². The molecule has 146 valence electrons. The van der Waals surface area contributed by atoms with Gasteiger partial charge < -0.3 is 24.2 Å². The number of benzene rings is 1. The third kappa shape index (κ3) is 8.47. The van der Waals surface area contributed by atoms with Crippen molar-refractivity contribution in [2.45, 2.75) is 39.3 Å². The van der Waals surface area contributed by atoms with Crippen molar-refractivity contribution in [1.29, 1.82) is 0 Å². The predicted octanol–water partition coefficient (Wildman–Crippen LogP) is 3.41. The highest BCUT2D eigenvalue weighted by Crippen LogP contribution is 2.48. The number of alkyl carbamates (subject to hydrolysis) is 1. The summed E-state index contributed by atoms with van der Waals surface area (Å²) in [6.07, 6.45) is -0.397. The van der Waals surface area contributed by atoms with Gasteiger partial charge in [-0.25, -0.2) is 9.59 Å². The van der Waals surface area contributed by atoms with E-state index in [1.54, 1.807) is 26.0 Å². The Hall–Kier alpha value is -1.89. The first kappa shape index (κ1) is 22.2. The van der Waals surface area contributed by atoms with E-state index in [2.05, 4.69) is 5.32 Å². The van der Waals surface area contributed by atoms with Gasteiger partial charge in [0.05, 0.1) is 19.4 Å². The van der Waals surface area contributed by atoms with E-state index in [1.807, 2.05) is 18.2 Å². The summed E-state index contributed by atoms with van der Waals surface area (Å²) in [5.74, 6) is -1.19. The fourth-order valence-corrected chi connectivity index (χ4v) is 3.90. The lowest BCUT2D eigenvalue weighted by Crippen LogP contribution is -2.41. The zero-order valence-corrected chi connectivity index (χ0v) is 15.9. The quantitative estimate of drug-likeness (QED) is 0.529. The van der Waals surface area contributed by atoms with Crippen LogP contribution in [-0.2, 0) is 29.8 Å². The van der Waals surface area contributed by atoms with Gasteiger partial charge in [0.15, 0.2) is 0 Å². The molecule has 0 radical (unpaired) electrons. The molecule has 1 amide bonds. The molecule has 1 atom stereocenters.